The highest BCUT2D eigenvalue weighted by atomic mass is 15.0. The molecule has 0 bridgehead atoms. The molecule has 0 saturated heterocycles. The van der Waals surface area contributed by atoms with Gasteiger partial charge in [0.25, 0.3) is 0 Å². The Bertz CT molecular complexity index is 315. The number of benzene rings is 1. The zero-order chi connectivity index (χ0) is 11.5. The molecular weight excluding hydrogens is 182 g/mol. The predicted octanol–water partition coefficient (Wildman–Crippen LogP) is 3.83. The molecule has 0 spiro atoms. The molecule has 1 heteroatoms. The van der Waals surface area contributed by atoms with Crippen LogP contribution in [0.3, 0.4) is 0 Å². The van der Waals surface area contributed by atoms with Gasteiger partial charge >= 0.3 is 0 Å². The highest BCUT2D eigenvalue weighted by Gasteiger charge is 2.18. The Balaban J connectivity index is 2.73. The van der Waals surface area contributed by atoms with Crippen LogP contribution in [0, 0.1) is 6.92 Å². The number of hydrogen-bond acceptors (Lipinski definition) is 1. The first-order valence-electron chi connectivity index (χ1n) is 5.79. The van der Waals surface area contributed by atoms with E-state index in [2.05, 4.69) is 64.2 Å². The molecule has 1 aromatic rings. The Morgan fingerprint density at radius 1 is 1.33 bits per heavy atom. The fraction of sp³-hybridized carbons (Fsp3) is 0.571. The van der Waals surface area contributed by atoms with Crippen LogP contribution in [0.2, 0.25) is 0 Å². The van der Waals surface area contributed by atoms with Crippen molar-refractivity contribution in [1.29, 1.82) is 0 Å². The van der Waals surface area contributed by atoms with E-state index in [9.17, 15) is 0 Å². The van der Waals surface area contributed by atoms with Gasteiger partial charge in [0.1, 0.15) is 0 Å². The summed E-state index contributed by atoms with van der Waals surface area (Å²) in [4.78, 5) is 0. The summed E-state index contributed by atoms with van der Waals surface area (Å²) in [6.07, 6.45) is 1.14. The molecule has 84 valence electrons. The molecular formula is C14H23N. The number of rotatable bonds is 4. The molecule has 0 aromatic heterocycles. The van der Waals surface area contributed by atoms with Gasteiger partial charge in [-0.1, -0.05) is 36.8 Å². The molecule has 0 amide bonds. The second-order valence-electron chi connectivity index (χ2n) is 5.02. The van der Waals surface area contributed by atoms with Crippen molar-refractivity contribution in [3.8, 4) is 0 Å². The topological polar surface area (TPSA) is 12.0 Å². The van der Waals surface area contributed by atoms with Crippen molar-refractivity contribution in [2.75, 3.05) is 0 Å². The Kier molecular flexibility index (Phi) is 3.92. The van der Waals surface area contributed by atoms with Gasteiger partial charge in [0.05, 0.1) is 0 Å². The van der Waals surface area contributed by atoms with E-state index >= 15 is 0 Å². The zero-order valence-corrected chi connectivity index (χ0v) is 10.6. The third-order valence-electron chi connectivity index (χ3n) is 3.03. The molecule has 15 heavy (non-hydrogen) atoms. The van der Waals surface area contributed by atoms with E-state index in [4.69, 9.17) is 0 Å². The normalized spacial score (nSPS) is 13.9. The SMILES string of the molecule is CCC(C)(C)N[C@@H](C)c1cccc(C)c1. The molecule has 1 atom stereocenters. The van der Waals surface area contributed by atoms with E-state index in [-0.39, 0.29) is 5.54 Å². The average molecular weight is 205 g/mol. The van der Waals surface area contributed by atoms with E-state index in [0.29, 0.717) is 6.04 Å². The fourth-order valence-corrected chi connectivity index (χ4v) is 1.71. The van der Waals surface area contributed by atoms with Gasteiger partial charge in [-0.15, -0.1) is 0 Å². The van der Waals surface area contributed by atoms with Crippen molar-refractivity contribution < 1.29 is 0 Å². The predicted molar refractivity (Wildman–Crippen MR) is 67.1 cm³/mol. The first-order valence-corrected chi connectivity index (χ1v) is 5.79. The lowest BCUT2D eigenvalue weighted by atomic mass is 9.98. The van der Waals surface area contributed by atoms with Crippen molar-refractivity contribution >= 4 is 0 Å². The van der Waals surface area contributed by atoms with Crippen LogP contribution in [0.15, 0.2) is 24.3 Å². The van der Waals surface area contributed by atoms with Crippen LogP contribution in [0.5, 0.6) is 0 Å². The summed E-state index contributed by atoms with van der Waals surface area (Å²) >= 11 is 0. The molecule has 1 aromatic carbocycles. The maximum absolute atomic E-state index is 3.65. The lowest BCUT2D eigenvalue weighted by Gasteiger charge is -2.29. The summed E-state index contributed by atoms with van der Waals surface area (Å²) in [5.74, 6) is 0. The van der Waals surface area contributed by atoms with Crippen LogP contribution in [0.1, 0.15) is 51.3 Å². The maximum atomic E-state index is 3.65. The third kappa shape index (κ3) is 3.67. The molecule has 1 N–H and O–H groups in total. The van der Waals surface area contributed by atoms with Gasteiger partial charge in [-0.05, 0) is 39.7 Å². The van der Waals surface area contributed by atoms with E-state index in [1.54, 1.807) is 0 Å². The smallest absolute Gasteiger partial charge is 0.0296 e. The molecule has 0 aliphatic rings. The fourth-order valence-electron chi connectivity index (χ4n) is 1.71. The Hall–Kier alpha value is -0.820. The third-order valence-corrected chi connectivity index (χ3v) is 3.03. The number of nitrogens with one attached hydrogen (secondary N) is 1. The summed E-state index contributed by atoms with van der Waals surface area (Å²) in [7, 11) is 0. The minimum Gasteiger partial charge on any atom is -0.305 e. The first kappa shape index (κ1) is 12.3. The van der Waals surface area contributed by atoms with Gasteiger partial charge in [0, 0.05) is 11.6 Å². The quantitative estimate of drug-likeness (QED) is 0.787. The van der Waals surface area contributed by atoms with Gasteiger partial charge in [0.15, 0.2) is 0 Å². The summed E-state index contributed by atoms with van der Waals surface area (Å²) in [5, 5.41) is 3.65. The van der Waals surface area contributed by atoms with Crippen molar-refractivity contribution in [2.24, 2.45) is 0 Å². The maximum Gasteiger partial charge on any atom is 0.0296 e. The van der Waals surface area contributed by atoms with Crippen LogP contribution in [0.25, 0.3) is 0 Å². The van der Waals surface area contributed by atoms with Crippen molar-refractivity contribution in [1.82, 2.24) is 5.32 Å². The standard InChI is InChI=1S/C14H23N/c1-6-14(4,5)15-12(3)13-9-7-8-11(2)10-13/h7-10,12,15H,6H2,1-5H3/t12-/m0/s1. The second kappa shape index (κ2) is 4.80. The number of aryl methyl sites for hydroxylation is 1. The minimum atomic E-state index is 0.211. The molecule has 1 nitrogen and oxygen atoms in total. The van der Waals surface area contributed by atoms with Crippen molar-refractivity contribution in [2.45, 2.75) is 52.6 Å². The number of hydrogen-bond donors (Lipinski definition) is 1. The minimum absolute atomic E-state index is 0.211. The van der Waals surface area contributed by atoms with Gasteiger partial charge in [-0.2, -0.15) is 0 Å². The van der Waals surface area contributed by atoms with Crippen LogP contribution in [-0.4, -0.2) is 5.54 Å². The van der Waals surface area contributed by atoms with Crippen LogP contribution >= 0.6 is 0 Å². The van der Waals surface area contributed by atoms with Crippen LogP contribution in [0.4, 0.5) is 0 Å². The van der Waals surface area contributed by atoms with Crippen LogP contribution in [-0.2, 0) is 0 Å². The Labute approximate surface area is 93.9 Å². The molecule has 0 unspecified atom stereocenters. The molecule has 0 radical (unpaired) electrons. The zero-order valence-electron chi connectivity index (χ0n) is 10.6. The Morgan fingerprint density at radius 3 is 2.53 bits per heavy atom. The van der Waals surface area contributed by atoms with Crippen molar-refractivity contribution in [3.05, 3.63) is 35.4 Å². The molecule has 0 aliphatic carbocycles. The summed E-state index contributed by atoms with van der Waals surface area (Å²) in [6, 6.07) is 9.13. The summed E-state index contributed by atoms with van der Waals surface area (Å²) in [6.45, 7) is 11.1. The lowest BCUT2D eigenvalue weighted by molar-refractivity contribution is 0.337. The van der Waals surface area contributed by atoms with Gasteiger partial charge in [-0.25, -0.2) is 0 Å². The molecule has 0 heterocycles. The molecule has 0 fully saturated rings. The second-order valence-corrected chi connectivity index (χ2v) is 5.02. The average Bonchev–Trinajstić information content (AvgIpc) is 2.17. The summed E-state index contributed by atoms with van der Waals surface area (Å²) < 4.78 is 0. The van der Waals surface area contributed by atoms with E-state index < -0.39 is 0 Å². The van der Waals surface area contributed by atoms with Gasteiger partial charge in [-0.3, -0.25) is 0 Å². The van der Waals surface area contributed by atoms with Gasteiger partial charge < -0.3 is 5.32 Å². The van der Waals surface area contributed by atoms with E-state index in [1.165, 1.54) is 11.1 Å². The highest BCUT2D eigenvalue weighted by molar-refractivity contribution is 5.24. The first-order chi connectivity index (χ1) is 6.94. The summed E-state index contributed by atoms with van der Waals surface area (Å²) in [5.41, 5.74) is 2.91. The van der Waals surface area contributed by atoms with Crippen LogP contribution < -0.4 is 5.32 Å². The monoisotopic (exact) mass is 205 g/mol. The Morgan fingerprint density at radius 2 is 2.00 bits per heavy atom. The lowest BCUT2D eigenvalue weighted by Crippen LogP contribution is -2.40. The van der Waals surface area contributed by atoms with Gasteiger partial charge in [0.2, 0.25) is 0 Å². The molecule has 1 rings (SSSR count). The van der Waals surface area contributed by atoms with Crippen molar-refractivity contribution in [3.63, 3.8) is 0 Å². The highest BCUT2D eigenvalue weighted by Crippen LogP contribution is 2.18. The molecule has 0 saturated carbocycles. The van der Waals surface area contributed by atoms with E-state index in [0.717, 1.165) is 6.42 Å². The molecule has 0 aliphatic heterocycles. The largest absolute Gasteiger partial charge is 0.305 e. The van der Waals surface area contributed by atoms with E-state index in [1.807, 2.05) is 0 Å².